The van der Waals surface area contributed by atoms with Gasteiger partial charge in [0.1, 0.15) is 0 Å². The highest BCUT2D eigenvalue weighted by molar-refractivity contribution is 5.53. The van der Waals surface area contributed by atoms with Gasteiger partial charge in [0.25, 0.3) is 0 Å². The average molecular weight is 335 g/mol. The average Bonchev–Trinajstić information content (AvgIpc) is 2.66. The Morgan fingerprint density at radius 2 is 1.64 bits per heavy atom. The molecule has 25 heavy (non-hydrogen) atoms. The highest BCUT2D eigenvalue weighted by Crippen LogP contribution is 2.32. The summed E-state index contributed by atoms with van der Waals surface area (Å²) < 4.78 is 0. The van der Waals surface area contributed by atoms with E-state index in [4.69, 9.17) is 0 Å². The molecule has 1 fully saturated rings. The van der Waals surface area contributed by atoms with Crippen LogP contribution in [0.5, 0.6) is 0 Å². The molecule has 0 aromatic heterocycles. The van der Waals surface area contributed by atoms with Gasteiger partial charge in [0.05, 0.1) is 0 Å². The number of allylic oxidation sites excluding steroid dienone is 3. The van der Waals surface area contributed by atoms with Gasteiger partial charge in [-0.2, -0.15) is 0 Å². The van der Waals surface area contributed by atoms with Crippen molar-refractivity contribution in [1.82, 2.24) is 0 Å². The first-order chi connectivity index (χ1) is 12.3. The first kappa shape index (κ1) is 19.6. The predicted octanol–water partition coefficient (Wildman–Crippen LogP) is 7.21. The molecule has 0 heteroatoms. The fourth-order valence-electron chi connectivity index (χ4n) is 3.64. The molecule has 0 amide bonds. The molecular formula is C25H34. The van der Waals surface area contributed by atoms with Gasteiger partial charge in [0.2, 0.25) is 0 Å². The van der Waals surface area contributed by atoms with E-state index in [1.807, 2.05) is 6.08 Å². The molecule has 0 heterocycles. The van der Waals surface area contributed by atoms with E-state index in [9.17, 15) is 0 Å². The highest BCUT2D eigenvalue weighted by Gasteiger charge is 2.18. The number of unbranched alkanes of at least 4 members (excludes halogenated alkanes) is 2. The zero-order valence-corrected chi connectivity index (χ0v) is 16.1. The summed E-state index contributed by atoms with van der Waals surface area (Å²) in [6.45, 7) is 4.47. The Kier molecular flexibility index (Phi) is 9.21. The van der Waals surface area contributed by atoms with E-state index in [1.165, 1.54) is 62.5 Å². The number of hydrogen-bond donors (Lipinski definition) is 0. The topological polar surface area (TPSA) is 0 Å². The summed E-state index contributed by atoms with van der Waals surface area (Å²) in [6, 6.07) is 8.69. The third kappa shape index (κ3) is 7.78. The Balaban J connectivity index is 1.68. The zero-order valence-electron chi connectivity index (χ0n) is 16.1. The van der Waals surface area contributed by atoms with Crippen LogP contribution in [0.1, 0.15) is 76.3 Å². The minimum absolute atomic E-state index is 0.752. The van der Waals surface area contributed by atoms with Crippen LogP contribution in [0.4, 0.5) is 0 Å². The van der Waals surface area contributed by atoms with Crippen molar-refractivity contribution in [3.05, 3.63) is 53.6 Å². The van der Waals surface area contributed by atoms with E-state index in [0.717, 1.165) is 18.3 Å². The van der Waals surface area contributed by atoms with Gasteiger partial charge in [0, 0.05) is 0 Å². The second-order valence-electron chi connectivity index (χ2n) is 7.35. The minimum Gasteiger partial charge on any atom is -0.0730 e. The van der Waals surface area contributed by atoms with E-state index in [1.54, 1.807) is 0 Å². The molecular weight excluding hydrogens is 300 g/mol. The molecule has 0 unspecified atom stereocenters. The zero-order chi connectivity index (χ0) is 17.7. The van der Waals surface area contributed by atoms with Gasteiger partial charge in [0.15, 0.2) is 0 Å². The summed E-state index contributed by atoms with van der Waals surface area (Å²) in [4.78, 5) is 0. The van der Waals surface area contributed by atoms with Crippen LogP contribution < -0.4 is 0 Å². The predicted molar refractivity (Wildman–Crippen MR) is 111 cm³/mol. The molecule has 2 rings (SSSR count). The minimum atomic E-state index is 0.752. The van der Waals surface area contributed by atoms with Crippen molar-refractivity contribution in [2.24, 2.45) is 11.8 Å². The van der Waals surface area contributed by atoms with Crippen molar-refractivity contribution in [2.75, 3.05) is 0 Å². The van der Waals surface area contributed by atoms with Crippen molar-refractivity contribution in [1.29, 1.82) is 0 Å². The Morgan fingerprint density at radius 3 is 2.32 bits per heavy atom. The van der Waals surface area contributed by atoms with Crippen LogP contribution >= 0.6 is 0 Å². The molecule has 1 aliphatic carbocycles. The Hall–Kier alpha value is -1.74. The molecule has 0 N–H and O–H groups in total. The Morgan fingerprint density at radius 1 is 0.920 bits per heavy atom. The maximum Gasteiger partial charge on any atom is -0.0109 e. The molecule has 1 aromatic rings. The molecule has 0 nitrogen and oxygen atoms in total. The summed E-state index contributed by atoms with van der Waals surface area (Å²) in [5.41, 5.74) is 2.60. The quantitative estimate of drug-likeness (QED) is 0.365. The Labute approximate surface area is 155 Å². The van der Waals surface area contributed by atoms with Crippen molar-refractivity contribution in [3.63, 3.8) is 0 Å². The van der Waals surface area contributed by atoms with Crippen molar-refractivity contribution < 1.29 is 0 Å². The lowest BCUT2D eigenvalue weighted by atomic mass is 9.79. The smallest absolute Gasteiger partial charge is 0.0109 e. The van der Waals surface area contributed by atoms with Crippen LogP contribution in [0.2, 0.25) is 0 Å². The summed E-state index contributed by atoms with van der Waals surface area (Å²) in [6.07, 6.45) is 20.7. The lowest BCUT2D eigenvalue weighted by Crippen LogP contribution is -2.12. The molecule has 134 valence electrons. The normalized spacial score (nSPS) is 20.7. The number of aryl methyl sites for hydroxylation is 1. The van der Waals surface area contributed by atoms with Crippen LogP contribution in [-0.4, -0.2) is 0 Å². The molecule has 0 saturated heterocycles. The van der Waals surface area contributed by atoms with Gasteiger partial charge in [-0.1, -0.05) is 81.7 Å². The largest absolute Gasteiger partial charge is 0.0730 e. The number of rotatable bonds is 7. The van der Waals surface area contributed by atoms with Crippen LogP contribution in [0.15, 0.2) is 42.5 Å². The standard InChI is InChI=1S/C25H34/c1-3-5-8-11-23-18-20-25(21-19-23)13-10-7-6-9-12-24-16-14-22(4-2)15-17-24/h9-10,12-17,23,25H,3-5,8,11,18-21H2,1-2H3. The molecule has 0 aliphatic heterocycles. The SMILES string of the molecule is CCCCCC1CCC(C=CC#CC=Cc2ccc(CC)cc2)CC1. The van der Waals surface area contributed by atoms with Gasteiger partial charge in [-0.05, 0) is 73.3 Å². The number of hydrogen-bond acceptors (Lipinski definition) is 0. The molecule has 0 atom stereocenters. The van der Waals surface area contributed by atoms with Crippen LogP contribution in [-0.2, 0) is 6.42 Å². The molecule has 0 radical (unpaired) electrons. The van der Waals surface area contributed by atoms with E-state index >= 15 is 0 Å². The first-order valence-electron chi connectivity index (χ1n) is 10.2. The lowest BCUT2D eigenvalue weighted by molar-refractivity contribution is 0.289. The van der Waals surface area contributed by atoms with E-state index in [-0.39, 0.29) is 0 Å². The molecule has 1 saturated carbocycles. The maximum atomic E-state index is 3.16. The fourth-order valence-corrected chi connectivity index (χ4v) is 3.64. The monoisotopic (exact) mass is 334 g/mol. The highest BCUT2D eigenvalue weighted by atomic mass is 14.2. The fraction of sp³-hybridized carbons (Fsp3) is 0.520. The van der Waals surface area contributed by atoms with Crippen molar-refractivity contribution in [2.45, 2.75) is 71.6 Å². The van der Waals surface area contributed by atoms with Crippen molar-refractivity contribution in [3.8, 4) is 11.8 Å². The van der Waals surface area contributed by atoms with Crippen molar-refractivity contribution >= 4 is 6.08 Å². The van der Waals surface area contributed by atoms with Gasteiger partial charge >= 0.3 is 0 Å². The molecule has 0 spiro atoms. The van der Waals surface area contributed by atoms with Crippen LogP contribution in [0.3, 0.4) is 0 Å². The first-order valence-corrected chi connectivity index (χ1v) is 10.2. The second kappa shape index (κ2) is 11.8. The molecule has 0 bridgehead atoms. The third-order valence-corrected chi connectivity index (χ3v) is 5.39. The van der Waals surface area contributed by atoms with E-state index in [2.05, 4.69) is 68.2 Å². The summed E-state index contributed by atoms with van der Waals surface area (Å²) in [5, 5.41) is 0. The number of benzene rings is 1. The van der Waals surface area contributed by atoms with Gasteiger partial charge in [-0.25, -0.2) is 0 Å². The second-order valence-corrected chi connectivity index (χ2v) is 7.35. The van der Waals surface area contributed by atoms with Gasteiger partial charge < -0.3 is 0 Å². The Bertz CT molecular complexity index is 583. The molecule has 1 aromatic carbocycles. The van der Waals surface area contributed by atoms with E-state index < -0.39 is 0 Å². The maximum absolute atomic E-state index is 3.16. The van der Waals surface area contributed by atoms with Gasteiger partial charge in [-0.3, -0.25) is 0 Å². The lowest BCUT2D eigenvalue weighted by Gasteiger charge is -2.26. The molecule has 1 aliphatic rings. The summed E-state index contributed by atoms with van der Waals surface area (Å²) >= 11 is 0. The summed E-state index contributed by atoms with van der Waals surface area (Å²) in [7, 11) is 0. The summed E-state index contributed by atoms with van der Waals surface area (Å²) in [5.74, 6) is 8.03. The van der Waals surface area contributed by atoms with Crippen LogP contribution in [0, 0.1) is 23.7 Å². The van der Waals surface area contributed by atoms with E-state index in [0.29, 0.717) is 0 Å². The van der Waals surface area contributed by atoms with Gasteiger partial charge in [-0.15, -0.1) is 0 Å². The van der Waals surface area contributed by atoms with Crippen LogP contribution in [0.25, 0.3) is 6.08 Å². The third-order valence-electron chi connectivity index (χ3n) is 5.39.